The predicted molar refractivity (Wildman–Crippen MR) is 72.0 cm³/mol. The van der Waals surface area contributed by atoms with Crippen molar-refractivity contribution < 1.29 is 5.11 Å². The van der Waals surface area contributed by atoms with Crippen molar-refractivity contribution in [1.29, 1.82) is 0 Å². The molecule has 1 N–H and O–H groups in total. The van der Waals surface area contributed by atoms with Crippen molar-refractivity contribution in [1.82, 2.24) is 4.57 Å². The van der Waals surface area contributed by atoms with Gasteiger partial charge in [-0.15, -0.1) is 11.3 Å². The molecule has 4 heteroatoms. The first-order valence-corrected chi connectivity index (χ1v) is 6.69. The van der Waals surface area contributed by atoms with Gasteiger partial charge in [-0.3, -0.25) is 9.36 Å². The molecule has 0 aliphatic carbocycles. The third-order valence-electron chi connectivity index (χ3n) is 2.71. The lowest BCUT2D eigenvalue weighted by Crippen LogP contribution is -2.21. The van der Waals surface area contributed by atoms with Crippen LogP contribution in [0.5, 0.6) is 5.75 Å². The highest BCUT2D eigenvalue weighted by Crippen LogP contribution is 2.31. The molecule has 0 radical (unpaired) electrons. The van der Waals surface area contributed by atoms with Crippen molar-refractivity contribution in [2.75, 3.05) is 0 Å². The van der Waals surface area contributed by atoms with Crippen LogP contribution in [0.1, 0.15) is 25.6 Å². The molecule has 2 aromatic heterocycles. The van der Waals surface area contributed by atoms with Gasteiger partial charge < -0.3 is 5.11 Å². The highest BCUT2D eigenvalue weighted by atomic mass is 32.1. The van der Waals surface area contributed by atoms with Gasteiger partial charge in [-0.1, -0.05) is 20.8 Å². The van der Waals surface area contributed by atoms with Crippen LogP contribution >= 0.6 is 11.3 Å². The monoisotopic (exact) mass is 251 g/mol. The Morgan fingerprint density at radius 3 is 2.71 bits per heavy atom. The minimum atomic E-state index is -0.117. The summed E-state index contributed by atoms with van der Waals surface area (Å²) in [6.07, 6.45) is 0.925. The number of pyridine rings is 1. The highest BCUT2D eigenvalue weighted by Gasteiger charge is 2.12. The van der Waals surface area contributed by atoms with Crippen LogP contribution in [-0.2, 0) is 13.0 Å². The van der Waals surface area contributed by atoms with E-state index in [1.807, 2.05) is 6.07 Å². The van der Waals surface area contributed by atoms with Crippen LogP contribution in [0.15, 0.2) is 16.9 Å². The van der Waals surface area contributed by atoms with E-state index >= 15 is 0 Å². The summed E-state index contributed by atoms with van der Waals surface area (Å²) in [5, 5.41) is 10.6. The molecule has 92 valence electrons. The first kappa shape index (κ1) is 12.2. The zero-order valence-electron chi connectivity index (χ0n) is 10.4. The maximum absolute atomic E-state index is 11.9. The summed E-state index contributed by atoms with van der Waals surface area (Å²) < 4.78 is 1.77. The second kappa shape index (κ2) is 4.53. The van der Waals surface area contributed by atoms with Crippen molar-refractivity contribution in [2.45, 2.75) is 33.7 Å². The minimum absolute atomic E-state index is 0.0981. The average Bonchev–Trinajstić information content (AvgIpc) is 2.68. The quantitative estimate of drug-likeness (QED) is 0.911. The van der Waals surface area contributed by atoms with Gasteiger partial charge >= 0.3 is 0 Å². The number of nitrogens with zero attached hydrogens (tertiary/aromatic N) is 1. The molecule has 0 aliphatic heterocycles. The molecular formula is C13H17NO2S. The number of hydrogen-bond acceptors (Lipinski definition) is 3. The van der Waals surface area contributed by atoms with Crippen LogP contribution in [0, 0.1) is 5.92 Å². The Bertz CT molecular complexity index is 595. The van der Waals surface area contributed by atoms with E-state index in [4.69, 9.17) is 0 Å². The van der Waals surface area contributed by atoms with Gasteiger partial charge in [-0.2, -0.15) is 0 Å². The Balaban J connectivity index is 2.72. The van der Waals surface area contributed by atoms with Gasteiger partial charge in [0, 0.05) is 17.5 Å². The summed E-state index contributed by atoms with van der Waals surface area (Å²) in [7, 11) is 0. The van der Waals surface area contributed by atoms with E-state index in [2.05, 4.69) is 20.8 Å². The minimum Gasteiger partial charge on any atom is -0.507 e. The predicted octanol–water partition coefficient (Wildman–Crippen LogP) is 2.99. The van der Waals surface area contributed by atoms with Crippen molar-refractivity contribution in [2.24, 2.45) is 5.92 Å². The molecule has 17 heavy (non-hydrogen) atoms. The standard InChI is InChI=1S/C13H17NO2S/c1-4-9-5-10-11(15)6-12(16)14(7-8(2)3)13(10)17-9/h5-6,8,15H,4,7H2,1-3H3. The Kier molecular flexibility index (Phi) is 3.24. The maximum atomic E-state index is 11.9. The highest BCUT2D eigenvalue weighted by molar-refractivity contribution is 7.18. The smallest absolute Gasteiger partial charge is 0.255 e. The Morgan fingerprint density at radius 1 is 1.41 bits per heavy atom. The SMILES string of the molecule is CCc1cc2c(O)cc(=O)n(CC(C)C)c2s1. The Labute approximate surface area is 104 Å². The summed E-state index contributed by atoms with van der Waals surface area (Å²) in [4.78, 5) is 14.0. The van der Waals surface area contributed by atoms with E-state index in [9.17, 15) is 9.90 Å². The number of aromatic nitrogens is 1. The molecule has 0 saturated heterocycles. The molecule has 0 unspecified atom stereocenters. The van der Waals surface area contributed by atoms with E-state index in [1.165, 1.54) is 10.9 Å². The molecule has 2 heterocycles. The topological polar surface area (TPSA) is 42.2 Å². The summed E-state index contributed by atoms with van der Waals surface area (Å²) in [5.74, 6) is 0.508. The first-order chi connectivity index (χ1) is 8.02. The van der Waals surface area contributed by atoms with Crippen molar-refractivity contribution >= 4 is 21.6 Å². The van der Waals surface area contributed by atoms with Gasteiger partial charge in [-0.05, 0) is 18.4 Å². The fraction of sp³-hybridized carbons (Fsp3) is 0.462. The van der Waals surface area contributed by atoms with E-state index in [0.29, 0.717) is 12.5 Å². The van der Waals surface area contributed by atoms with Gasteiger partial charge in [0.05, 0.1) is 5.39 Å². The fourth-order valence-corrected chi connectivity index (χ4v) is 3.02. The van der Waals surface area contributed by atoms with Gasteiger partial charge in [0.15, 0.2) is 0 Å². The van der Waals surface area contributed by atoms with Crippen molar-refractivity contribution in [3.63, 3.8) is 0 Å². The third-order valence-corrected chi connectivity index (χ3v) is 4.01. The molecule has 0 bridgehead atoms. The molecule has 2 rings (SSSR count). The summed E-state index contributed by atoms with van der Waals surface area (Å²) in [5.41, 5.74) is -0.117. The molecule has 3 nitrogen and oxygen atoms in total. The zero-order chi connectivity index (χ0) is 12.6. The normalized spacial score (nSPS) is 11.5. The van der Waals surface area contributed by atoms with E-state index in [-0.39, 0.29) is 11.3 Å². The third kappa shape index (κ3) is 2.22. The lowest BCUT2D eigenvalue weighted by atomic mass is 10.2. The molecule has 2 aromatic rings. The summed E-state index contributed by atoms with van der Waals surface area (Å²) in [6, 6.07) is 3.29. The molecule has 0 spiro atoms. The molecule has 0 atom stereocenters. The molecule has 0 aliphatic rings. The number of fused-ring (bicyclic) bond motifs is 1. The van der Waals surface area contributed by atoms with E-state index < -0.39 is 0 Å². The van der Waals surface area contributed by atoms with Gasteiger partial charge in [0.1, 0.15) is 10.6 Å². The van der Waals surface area contributed by atoms with E-state index in [1.54, 1.807) is 15.9 Å². The lowest BCUT2D eigenvalue weighted by molar-refractivity contribution is 0.475. The van der Waals surface area contributed by atoms with Crippen LogP contribution < -0.4 is 5.56 Å². The van der Waals surface area contributed by atoms with Crippen LogP contribution in [0.25, 0.3) is 10.2 Å². The average molecular weight is 251 g/mol. The lowest BCUT2D eigenvalue weighted by Gasteiger charge is -2.10. The van der Waals surface area contributed by atoms with Crippen LogP contribution in [0.3, 0.4) is 0 Å². The van der Waals surface area contributed by atoms with Crippen LogP contribution in [0.2, 0.25) is 0 Å². The molecular weight excluding hydrogens is 234 g/mol. The molecule has 0 saturated carbocycles. The summed E-state index contributed by atoms with van der Waals surface area (Å²) >= 11 is 1.60. The largest absolute Gasteiger partial charge is 0.507 e. The summed E-state index contributed by atoms with van der Waals surface area (Å²) in [6.45, 7) is 6.94. The van der Waals surface area contributed by atoms with Crippen LogP contribution in [0.4, 0.5) is 0 Å². The Morgan fingerprint density at radius 2 is 2.12 bits per heavy atom. The van der Waals surface area contributed by atoms with Crippen LogP contribution in [-0.4, -0.2) is 9.67 Å². The zero-order valence-corrected chi connectivity index (χ0v) is 11.2. The number of thiophene rings is 1. The maximum Gasteiger partial charge on any atom is 0.255 e. The van der Waals surface area contributed by atoms with E-state index in [0.717, 1.165) is 16.6 Å². The van der Waals surface area contributed by atoms with Gasteiger partial charge in [0.2, 0.25) is 0 Å². The number of hydrogen-bond donors (Lipinski definition) is 1. The van der Waals surface area contributed by atoms with Crippen molar-refractivity contribution in [3.8, 4) is 5.75 Å². The molecule has 0 amide bonds. The molecule has 0 fully saturated rings. The van der Waals surface area contributed by atoms with Gasteiger partial charge in [0.25, 0.3) is 5.56 Å². The number of aryl methyl sites for hydroxylation is 1. The first-order valence-electron chi connectivity index (χ1n) is 5.88. The number of rotatable bonds is 3. The molecule has 0 aromatic carbocycles. The second-order valence-corrected chi connectivity index (χ2v) is 5.77. The van der Waals surface area contributed by atoms with Gasteiger partial charge in [-0.25, -0.2) is 0 Å². The fourth-order valence-electron chi connectivity index (χ4n) is 1.90. The number of aromatic hydroxyl groups is 1. The second-order valence-electron chi connectivity index (χ2n) is 4.66. The van der Waals surface area contributed by atoms with Crippen molar-refractivity contribution in [3.05, 3.63) is 27.4 Å². The Hall–Kier alpha value is -1.29.